The number of aromatic nitrogens is 1. The maximum atomic E-state index is 11.3. The van der Waals surface area contributed by atoms with Gasteiger partial charge in [0, 0.05) is 28.4 Å². The second-order valence-corrected chi connectivity index (χ2v) is 32.3. The van der Waals surface area contributed by atoms with Crippen molar-refractivity contribution < 1.29 is 53.3 Å². The van der Waals surface area contributed by atoms with Crippen LogP contribution in [0.5, 0.6) is 23.0 Å². The Morgan fingerprint density at radius 1 is 0.315 bits per heavy atom. The Bertz CT molecular complexity index is 6500. The zero-order valence-corrected chi connectivity index (χ0v) is 51.1. The highest BCUT2D eigenvalue weighted by Gasteiger charge is 2.53. The maximum absolute atomic E-state index is 11.3. The van der Waals surface area contributed by atoms with Gasteiger partial charge in [-0.15, -0.1) is 0 Å². The Morgan fingerprint density at radius 3 is 1.16 bits per heavy atom. The van der Waals surface area contributed by atoms with Crippen molar-refractivity contribution in [1.29, 1.82) is 0 Å². The van der Waals surface area contributed by atoms with Crippen molar-refractivity contribution >= 4 is 121 Å². The van der Waals surface area contributed by atoms with Gasteiger partial charge in [0.05, 0.1) is 56.5 Å². The van der Waals surface area contributed by atoms with Gasteiger partial charge in [0.1, 0.15) is 23.0 Å². The average molecular weight is 1260 g/mol. The Kier molecular flexibility index (Phi) is 8.15. The molecule has 2 aliphatic rings. The summed E-state index contributed by atoms with van der Waals surface area (Å²) in [6.45, 7) is -0.343. The third kappa shape index (κ3) is 8.89. The zero-order chi connectivity index (χ0) is 86.3. The molecular weight excluding hydrogens is 1170 g/mol. The molecule has 0 atom stereocenters. The van der Waals surface area contributed by atoms with E-state index < -0.39 is 237 Å². The molecule has 0 saturated carbocycles. The van der Waals surface area contributed by atoms with Crippen molar-refractivity contribution in [2.24, 2.45) is 0 Å². The fourth-order valence-corrected chi connectivity index (χ4v) is 26.8. The molecule has 2 aliphatic heterocycles. The maximum Gasteiger partial charge on any atom is 0.278 e. The molecule has 0 spiro atoms. The summed E-state index contributed by atoms with van der Waals surface area (Å²) in [6.07, 6.45) is 0. The molecule has 1 aromatic heterocycles. The van der Waals surface area contributed by atoms with Crippen LogP contribution in [0.15, 0.2) is 363 Å². The molecule has 8 heteroatoms. The van der Waals surface area contributed by atoms with Gasteiger partial charge < -0.3 is 18.2 Å². The van der Waals surface area contributed by atoms with Crippen LogP contribution in [0.25, 0.3) is 38.6 Å². The van der Waals surface area contributed by atoms with Gasteiger partial charge in [-0.25, -0.2) is 0 Å². The van der Waals surface area contributed by atoms with Gasteiger partial charge in [0.2, 0.25) is 0 Å². The van der Waals surface area contributed by atoms with Crippen molar-refractivity contribution in [3.05, 3.63) is 363 Å². The van der Waals surface area contributed by atoms with E-state index in [1.807, 2.05) is 126 Å². The van der Waals surface area contributed by atoms with E-state index in [1.54, 1.807) is 12.1 Å². The first-order chi connectivity index (χ1) is 57.6. The van der Waals surface area contributed by atoms with E-state index in [2.05, 4.69) is 48.5 Å². The highest BCUT2D eigenvalue weighted by molar-refractivity contribution is 7.20. The van der Waals surface area contributed by atoms with Crippen LogP contribution in [0, 0.1) is 0 Å². The van der Waals surface area contributed by atoms with Gasteiger partial charge >= 0.3 is 0 Å². The zero-order valence-electron chi connectivity index (χ0n) is 77.1. The van der Waals surface area contributed by atoms with Gasteiger partial charge in [0.15, 0.2) is 8.07 Å². The van der Waals surface area contributed by atoms with E-state index in [0.29, 0.717) is 50.5 Å². The van der Waals surface area contributed by atoms with E-state index in [0.717, 1.165) is 37.1 Å². The van der Waals surface area contributed by atoms with Gasteiger partial charge in [0.25, 0.3) is 23.3 Å². The van der Waals surface area contributed by atoms with E-state index >= 15 is 0 Å². The van der Waals surface area contributed by atoms with Crippen LogP contribution in [0.2, 0.25) is 0 Å². The molecule has 14 aromatic carbocycles. The predicted molar refractivity (Wildman–Crippen MR) is 390 cm³/mol. The third-order valence-electron chi connectivity index (χ3n) is 17.2. The Balaban J connectivity index is 1.07. The van der Waals surface area contributed by atoms with Crippen LogP contribution >= 0.6 is 0 Å². The molecule has 0 aliphatic carbocycles. The highest BCUT2D eigenvalue weighted by atomic mass is 28.4. The van der Waals surface area contributed by atoms with Crippen molar-refractivity contribution in [3.8, 4) is 39.8 Å². The summed E-state index contributed by atoms with van der Waals surface area (Å²) in [4.78, 5) is 0. The monoisotopic (exact) mass is 1250 g/mol. The fraction of sp³-hybridized carbons (Fsp3) is 0. The summed E-state index contributed by atoms with van der Waals surface area (Å²) in [6, 6.07) is 21.0. The van der Waals surface area contributed by atoms with Gasteiger partial charge in [-0.1, -0.05) is 321 Å². The lowest BCUT2D eigenvalue weighted by molar-refractivity contribution is 0.464. The summed E-state index contributed by atoms with van der Waals surface area (Å²) in [7, 11) is -18.1. The number of rotatable bonds is 14. The second-order valence-electron chi connectivity index (χ2n) is 21.9. The normalized spacial score (nSPS) is 17.0. The minimum Gasteiger partial charge on any atom is -0.458 e. The van der Waals surface area contributed by atoms with Gasteiger partial charge in [-0.3, -0.25) is 0 Å². The van der Waals surface area contributed by atoms with E-state index in [4.69, 9.17) is 20.4 Å². The molecule has 3 heterocycles. The van der Waals surface area contributed by atoms with Crippen LogP contribution in [0.1, 0.15) is 39.8 Å². The summed E-state index contributed by atoms with van der Waals surface area (Å²) >= 11 is 0. The summed E-state index contributed by atoms with van der Waals surface area (Å²) in [5, 5.41) is -3.72. The number of nitrogens with zero attached hydrogens (tertiary/aromatic N) is 1. The van der Waals surface area contributed by atoms with E-state index in [-0.39, 0.29) is 12.3 Å². The molecule has 0 unspecified atom stereocenters. The molecule has 0 bridgehead atoms. The summed E-state index contributed by atoms with van der Waals surface area (Å²) < 4.78 is 307. The lowest BCUT2D eigenvalue weighted by Crippen LogP contribution is -2.81. The minimum atomic E-state index is -7.32. The average Bonchev–Trinajstić information content (AvgIpc) is 1.02. The predicted octanol–water partition coefficient (Wildman–Crippen LogP) is 11.2. The molecule has 434 valence electrons. The van der Waals surface area contributed by atoms with Gasteiger partial charge in [-0.2, -0.15) is 0 Å². The van der Waals surface area contributed by atoms with Crippen LogP contribution in [-0.2, 0) is 4.12 Å². The lowest BCUT2D eigenvalue weighted by Gasteiger charge is -2.44. The van der Waals surface area contributed by atoms with Crippen LogP contribution in [-0.4, -0.2) is 36.0 Å². The molecule has 17 rings (SSSR count). The summed E-state index contributed by atoms with van der Waals surface area (Å²) in [5.74, 6) is 2.08. The Morgan fingerprint density at radius 2 is 0.707 bits per heavy atom. The van der Waals surface area contributed by atoms with Crippen molar-refractivity contribution in [3.63, 3.8) is 0 Å². The van der Waals surface area contributed by atoms with E-state index in [9.17, 15) is 32.9 Å². The minimum absolute atomic E-state index is 0.196. The van der Waals surface area contributed by atoms with E-state index in [1.165, 1.54) is 6.07 Å². The topological polar surface area (TPSA) is 32.6 Å². The smallest absolute Gasteiger partial charge is 0.278 e. The van der Waals surface area contributed by atoms with Crippen LogP contribution < -0.4 is 77.7 Å². The molecule has 0 saturated heterocycles. The highest BCUT2D eigenvalue weighted by Crippen LogP contribution is 2.41. The first-order valence-corrected chi connectivity index (χ1v) is 35.1. The quantitative estimate of drug-likeness (QED) is 0.0803. The first kappa shape index (κ1) is 32.8. The molecule has 0 amide bonds. The number of hydrogen-bond acceptors (Lipinski definition) is 3. The molecular formula is C84H60BNO3Si3. The number of ether oxygens (including phenoxy) is 2. The largest absolute Gasteiger partial charge is 0.458 e. The number of benzene rings is 14. The Hall–Kier alpha value is -10.8. The molecule has 0 N–H and O–H groups in total. The SMILES string of the molecule is [2H]c1c([2H])c([2H])c([Si](O[Si](c2c([2H])c([2H])c([2H])c([2H])c2[2H])(c2c([2H])c([2H])c([2H])c([2H])c2[2H])c2c([2H])c([2H])c([2H])c(-c3ccc4c(c3)c3cc([Si](c5ccccc5)(c5ccccc5)c5ccccc5)ccc3n4-c3cc4c5c(c3)Oc3ccccc3B5c3ccccc3O4)c2[2H])(c2c([2H])c([2H])c([2H])c([2H])c2[2H])c2c([2H])c([2H])c([2H])c([2H])c2[2H])c([2H])c1[2H]. The molecule has 0 radical (unpaired) electrons. The number of fused-ring (bicyclic) bond motifs is 7. The second kappa shape index (κ2) is 22.9. The van der Waals surface area contributed by atoms with Crippen molar-refractivity contribution in [1.82, 2.24) is 4.57 Å². The molecule has 92 heavy (non-hydrogen) atoms. The third-order valence-corrected chi connectivity index (χ3v) is 30.1. The fourth-order valence-electron chi connectivity index (χ4n) is 13.3. The molecule has 15 aromatic rings. The Labute approximate surface area is 580 Å². The van der Waals surface area contributed by atoms with Crippen LogP contribution in [0.4, 0.5) is 0 Å². The van der Waals surface area contributed by atoms with Crippen molar-refractivity contribution in [2.75, 3.05) is 0 Å². The summed E-state index contributed by atoms with van der Waals surface area (Å²) in [5.41, 5.74) is 3.10. The van der Waals surface area contributed by atoms with Crippen LogP contribution in [0.3, 0.4) is 0 Å². The van der Waals surface area contributed by atoms with Crippen molar-refractivity contribution in [2.45, 2.75) is 0 Å². The standard InChI is InChI=1S/C84H60BNO3Si3/c1-9-31-64(32-10-1)90(65-33-11-2-12-34-65,66-35-13-3-14-36-66)72-53-55-79-75(60-72)74-57-62(52-54-78(74)86(79)63-58-82-84-83(59-63)88-81-51-28-26-49-77(81)85(84)76-48-25-27-50-80(76)87-82)61-30-29-47-73(56-61)92(70-43-21-7-22-44-70,71-45-23-8-24-46-71)89-91(67-37-15-4-16-38-67,68-39-17-5-18-40-68)69-41-19-6-20-42-69/h1-60H/i4D,5D,6D,7D,8D,15D,16D,17D,18D,19D,20D,21D,22D,23D,24D,29D,30D,37D,38D,39D,40D,41D,42D,43D,44D,45D,46D,47D,56D. The molecule has 4 nitrogen and oxygen atoms in total. The number of hydrogen-bond donors (Lipinski definition) is 0. The molecule has 0 fully saturated rings. The first-order valence-electron chi connectivity index (χ1n) is 43.8. The number of para-hydroxylation sites is 2. The lowest BCUT2D eigenvalue weighted by atomic mass is 9.35. The van der Waals surface area contributed by atoms with Gasteiger partial charge in [-0.05, 0) is 104 Å².